The molecule has 0 spiro atoms. The topological polar surface area (TPSA) is 70.6 Å². The van der Waals surface area contributed by atoms with Crippen LogP contribution >= 0.6 is 0 Å². The molecule has 0 saturated carbocycles. The summed E-state index contributed by atoms with van der Waals surface area (Å²) in [6.07, 6.45) is 0. The van der Waals surface area contributed by atoms with Crippen LogP contribution in [-0.2, 0) is 6.54 Å². The summed E-state index contributed by atoms with van der Waals surface area (Å²) < 4.78 is 39.0. The van der Waals surface area contributed by atoms with Crippen molar-refractivity contribution in [2.24, 2.45) is 10.9 Å². The molecule has 0 aliphatic rings. The minimum absolute atomic E-state index is 0.0456. The number of hydrogen-bond donors (Lipinski definition) is 3. The SMILES string of the molecule is NC(=NO)c1cccc(CNc2cc(F)c(F)c(F)c2)c1. The van der Waals surface area contributed by atoms with Crippen LogP contribution in [0.4, 0.5) is 18.9 Å². The van der Waals surface area contributed by atoms with Gasteiger partial charge in [-0.25, -0.2) is 13.2 Å². The fraction of sp³-hybridized carbons (Fsp3) is 0.0714. The summed E-state index contributed by atoms with van der Waals surface area (Å²) in [5.74, 6) is -4.07. The van der Waals surface area contributed by atoms with Crippen LogP contribution in [0.1, 0.15) is 11.1 Å². The highest BCUT2D eigenvalue weighted by molar-refractivity contribution is 5.97. The van der Waals surface area contributed by atoms with Crippen LogP contribution in [0.15, 0.2) is 41.6 Å². The van der Waals surface area contributed by atoms with Crippen molar-refractivity contribution in [2.45, 2.75) is 6.54 Å². The number of benzene rings is 2. The summed E-state index contributed by atoms with van der Waals surface area (Å²) in [6, 6.07) is 8.47. The molecule has 0 aromatic heterocycles. The molecule has 0 amide bonds. The quantitative estimate of drug-likeness (QED) is 0.267. The fourth-order valence-corrected chi connectivity index (χ4v) is 1.76. The van der Waals surface area contributed by atoms with E-state index in [2.05, 4.69) is 10.5 Å². The minimum atomic E-state index is -1.51. The van der Waals surface area contributed by atoms with Crippen LogP contribution in [0, 0.1) is 17.5 Å². The van der Waals surface area contributed by atoms with Gasteiger partial charge in [-0.05, 0) is 11.6 Å². The molecule has 21 heavy (non-hydrogen) atoms. The van der Waals surface area contributed by atoms with E-state index in [4.69, 9.17) is 10.9 Å². The van der Waals surface area contributed by atoms with Gasteiger partial charge in [0.2, 0.25) is 0 Å². The normalized spacial score (nSPS) is 11.5. The Kier molecular flexibility index (Phi) is 4.32. The molecule has 0 unspecified atom stereocenters. The Balaban J connectivity index is 2.13. The number of nitrogens with one attached hydrogen (secondary N) is 1. The molecule has 2 aromatic rings. The number of nitrogens with two attached hydrogens (primary N) is 1. The standard InChI is InChI=1S/C14H12F3N3O/c15-11-5-10(6-12(16)13(11)17)19-7-8-2-1-3-9(4-8)14(18)20-21/h1-6,19,21H,7H2,(H2,18,20). The van der Waals surface area contributed by atoms with E-state index in [1.54, 1.807) is 24.3 Å². The lowest BCUT2D eigenvalue weighted by molar-refractivity contribution is 0.318. The second kappa shape index (κ2) is 6.17. The summed E-state index contributed by atoms with van der Waals surface area (Å²) in [5, 5.41) is 14.3. The second-order valence-corrected chi connectivity index (χ2v) is 4.29. The molecular formula is C14H12F3N3O. The first kappa shape index (κ1) is 14.7. The highest BCUT2D eigenvalue weighted by atomic mass is 19.2. The fourth-order valence-electron chi connectivity index (χ4n) is 1.76. The number of nitrogens with zero attached hydrogens (tertiary/aromatic N) is 1. The van der Waals surface area contributed by atoms with Gasteiger partial charge >= 0.3 is 0 Å². The molecular weight excluding hydrogens is 283 g/mol. The zero-order valence-corrected chi connectivity index (χ0v) is 10.8. The Morgan fingerprint density at radius 1 is 1.14 bits per heavy atom. The summed E-state index contributed by atoms with van der Waals surface area (Å²) >= 11 is 0. The molecule has 0 bridgehead atoms. The zero-order chi connectivity index (χ0) is 15.4. The van der Waals surface area contributed by atoms with Crippen molar-refractivity contribution in [3.8, 4) is 0 Å². The van der Waals surface area contributed by atoms with Gasteiger partial charge in [0.05, 0.1) is 0 Å². The van der Waals surface area contributed by atoms with Gasteiger partial charge < -0.3 is 16.3 Å². The van der Waals surface area contributed by atoms with E-state index in [0.29, 0.717) is 5.56 Å². The first-order valence-electron chi connectivity index (χ1n) is 5.96. The van der Waals surface area contributed by atoms with Crippen LogP contribution in [0.25, 0.3) is 0 Å². The van der Waals surface area contributed by atoms with Crippen LogP contribution in [0.2, 0.25) is 0 Å². The smallest absolute Gasteiger partial charge is 0.194 e. The van der Waals surface area contributed by atoms with Crippen molar-refractivity contribution in [2.75, 3.05) is 5.32 Å². The Bertz CT molecular complexity index is 666. The highest BCUT2D eigenvalue weighted by Crippen LogP contribution is 2.18. The highest BCUT2D eigenvalue weighted by Gasteiger charge is 2.10. The van der Waals surface area contributed by atoms with Gasteiger partial charge in [-0.3, -0.25) is 0 Å². The monoisotopic (exact) mass is 295 g/mol. The van der Waals surface area contributed by atoms with Gasteiger partial charge in [0, 0.05) is 29.9 Å². The van der Waals surface area contributed by atoms with Gasteiger partial charge in [0.25, 0.3) is 0 Å². The number of amidine groups is 1. The Morgan fingerprint density at radius 2 is 1.81 bits per heavy atom. The number of hydrogen-bond acceptors (Lipinski definition) is 3. The Labute approximate surface area is 118 Å². The molecule has 7 heteroatoms. The Morgan fingerprint density at radius 3 is 2.43 bits per heavy atom. The van der Waals surface area contributed by atoms with E-state index in [1.165, 1.54) is 0 Å². The molecule has 110 valence electrons. The predicted molar refractivity (Wildman–Crippen MR) is 72.6 cm³/mol. The van der Waals surface area contributed by atoms with Gasteiger partial charge in [-0.2, -0.15) is 0 Å². The average molecular weight is 295 g/mol. The molecule has 0 heterocycles. The minimum Gasteiger partial charge on any atom is -0.409 e. The zero-order valence-electron chi connectivity index (χ0n) is 10.8. The number of halogens is 3. The largest absolute Gasteiger partial charge is 0.409 e. The first-order valence-corrected chi connectivity index (χ1v) is 5.96. The summed E-state index contributed by atoms with van der Waals surface area (Å²) in [7, 11) is 0. The summed E-state index contributed by atoms with van der Waals surface area (Å²) in [6.45, 7) is 0.233. The third-order valence-electron chi connectivity index (χ3n) is 2.81. The van der Waals surface area contributed by atoms with Crippen molar-refractivity contribution in [1.82, 2.24) is 0 Å². The summed E-state index contributed by atoms with van der Waals surface area (Å²) in [5.41, 5.74) is 6.82. The van der Waals surface area contributed by atoms with Crippen molar-refractivity contribution in [1.29, 1.82) is 0 Å². The molecule has 4 N–H and O–H groups in total. The number of anilines is 1. The van der Waals surface area contributed by atoms with Crippen molar-refractivity contribution >= 4 is 11.5 Å². The van der Waals surface area contributed by atoms with Crippen LogP contribution in [0.5, 0.6) is 0 Å². The molecule has 0 aliphatic carbocycles. The predicted octanol–water partition coefficient (Wildman–Crippen LogP) is 2.81. The lowest BCUT2D eigenvalue weighted by Gasteiger charge is -2.08. The van der Waals surface area contributed by atoms with E-state index in [0.717, 1.165) is 17.7 Å². The van der Waals surface area contributed by atoms with Crippen LogP contribution in [-0.4, -0.2) is 11.0 Å². The van der Waals surface area contributed by atoms with Crippen molar-refractivity contribution in [3.63, 3.8) is 0 Å². The number of rotatable bonds is 4. The maximum absolute atomic E-state index is 13.1. The Hall–Kier alpha value is -2.70. The molecule has 4 nitrogen and oxygen atoms in total. The van der Waals surface area contributed by atoms with Gasteiger partial charge in [0.1, 0.15) is 0 Å². The van der Waals surface area contributed by atoms with E-state index < -0.39 is 17.5 Å². The van der Waals surface area contributed by atoms with Gasteiger partial charge in [-0.1, -0.05) is 23.4 Å². The van der Waals surface area contributed by atoms with E-state index in [-0.39, 0.29) is 18.1 Å². The molecule has 0 radical (unpaired) electrons. The second-order valence-electron chi connectivity index (χ2n) is 4.29. The summed E-state index contributed by atoms with van der Waals surface area (Å²) in [4.78, 5) is 0. The third-order valence-corrected chi connectivity index (χ3v) is 2.81. The molecule has 0 aliphatic heterocycles. The van der Waals surface area contributed by atoms with Crippen LogP contribution in [0.3, 0.4) is 0 Å². The maximum Gasteiger partial charge on any atom is 0.194 e. The first-order chi connectivity index (χ1) is 10.0. The van der Waals surface area contributed by atoms with Crippen molar-refractivity contribution in [3.05, 3.63) is 65.0 Å². The van der Waals surface area contributed by atoms with E-state index in [1.807, 2.05) is 0 Å². The lowest BCUT2D eigenvalue weighted by Crippen LogP contribution is -2.13. The maximum atomic E-state index is 13.1. The van der Waals surface area contributed by atoms with Crippen molar-refractivity contribution < 1.29 is 18.4 Å². The van der Waals surface area contributed by atoms with E-state index in [9.17, 15) is 13.2 Å². The third kappa shape index (κ3) is 3.44. The number of oxime groups is 1. The average Bonchev–Trinajstić information content (AvgIpc) is 2.50. The molecule has 0 fully saturated rings. The van der Waals surface area contributed by atoms with Crippen LogP contribution < -0.4 is 11.1 Å². The van der Waals surface area contributed by atoms with E-state index >= 15 is 0 Å². The molecule has 2 rings (SSSR count). The lowest BCUT2D eigenvalue weighted by atomic mass is 10.1. The van der Waals surface area contributed by atoms with Gasteiger partial charge in [0.15, 0.2) is 23.3 Å². The molecule has 0 saturated heterocycles. The molecule has 2 aromatic carbocycles. The van der Waals surface area contributed by atoms with Gasteiger partial charge in [-0.15, -0.1) is 0 Å². The molecule has 0 atom stereocenters.